The highest BCUT2D eigenvalue weighted by Gasteiger charge is 2.20. The number of amides is 1. The number of halogens is 1. The second-order valence-electron chi connectivity index (χ2n) is 4.59. The zero-order chi connectivity index (χ0) is 13.5. The Hall–Kier alpha value is -1.62. The molecule has 1 fully saturated rings. The lowest BCUT2D eigenvalue weighted by atomic mass is 9.97. The minimum absolute atomic E-state index is 0.0682. The Morgan fingerprint density at radius 3 is 2.84 bits per heavy atom. The first-order chi connectivity index (χ1) is 9.27. The second kappa shape index (κ2) is 7.09. The fourth-order valence-corrected chi connectivity index (χ4v) is 2.13. The van der Waals surface area contributed by atoms with Crippen LogP contribution in [0.3, 0.4) is 0 Å². The molecule has 2 rings (SSSR count). The molecule has 1 aliphatic heterocycles. The van der Waals surface area contributed by atoms with Crippen molar-refractivity contribution in [2.45, 2.75) is 12.8 Å². The first-order valence-corrected chi connectivity index (χ1v) is 6.63. The largest absolute Gasteiger partial charge is 0.489 e. The molecule has 0 spiro atoms. The lowest BCUT2D eigenvalue weighted by Crippen LogP contribution is -2.39. The average Bonchev–Trinajstić information content (AvgIpc) is 2.46. The molecule has 1 saturated heterocycles. The van der Waals surface area contributed by atoms with Crippen LogP contribution < -0.4 is 15.4 Å². The maximum absolute atomic E-state index is 13.2. The predicted octanol–water partition coefficient (Wildman–Crippen LogP) is 1.32. The van der Waals surface area contributed by atoms with E-state index < -0.39 is 0 Å². The summed E-state index contributed by atoms with van der Waals surface area (Å²) >= 11 is 0. The van der Waals surface area contributed by atoms with Crippen molar-refractivity contribution in [3.63, 3.8) is 0 Å². The van der Waals surface area contributed by atoms with Crippen molar-refractivity contribution in [1.29, 1.82) is 0 Å². The minimum Gasteiger partial charge on any atom is -0.489 e. The fourth-order valence-electron chi connectivity index (χ4n) is 2.13. The van der Waals surface area contributed by atoms with Crippen LogP contribution in [0.4, 0.5) is 4.39 Å². The molecule has 1 amide bonds. The van der Waals surface area contributed by atoms with Gasteiger partial charge in [0.25, 0.3) is 0 Å². The Kier molecular flexibility index (Phi) is 5.15. The summed E-state index contributed by atoms with van der Waals surface area (Å²) in [7, 11) is 0. The van der Waals surface area contributed by atoms with Gasteiger partial charge < -0.3 is 15.4 Å². The van der Waals surface area contributed by atoms with Gasteiger partial charge in [0.05, 0.1) is 6.54 Å². The van der Waals surface area contributed by atoms with Crippen molar-refractivity contribution in [2.24, 2.45) is 5.92 Å². The molecule has 0 saturated carbocycles. The molecule has 1 aliphatic rings. The van der Waals surface area contributed by atoms with Gasteiger partial charge in [-0.1, -0.05) is 12.1 Å². The fraction of sp³-hybridized carbons (Fsp3) is 0.500. The maximum Gasteiger partial charge on any atom is 0.223 e. The molecular formula is C14H19FN2O2. The van der Waals surface area contributed by atoms with Crippen LogP contribution in [0.1, 0.15) is 12.8 Å². The summed E-state index contributed by atoms with van der Waals surface area (Å²) in [5.41, 5.74) is 0. The quantitative estimate of drug-likeness (QED) is 0.790. The van der Waals surface area contributed by atoms with Crippen LogP contribution in [0.2, 0.25) is 0 Å². The number of carbonyl (C=O) groups excluding carboxylic acids is 1. The third-order valence-electron chi connectivity index (χ3n) is 3.21. The highest BCUT2D eigenvalue weighted by atomic mass is 19.1. The summed E-state index contributed by atoms with van der Waals surface area (Å²) in [5.74, 6) is -0.000795. The van der Waals surface area contributed by atoms with Crippen molar-refractivity contribution in [2.75, 3.05) is 26.2 Å². The predicted molar refractivity (Wildman–Crippen MR) is 70.5 cm³/mol. The summed E-state index contributed by atoms with van der Waals surface area (Å²) in [6, 6.07) is 6.25. The molecule has 1 aromatic rings. The van der Waals surface area contributed by atoms with Gasteiger partial charge in [-0.25, -0.2) is 4.39 Å². The first-order valence-electron chi connectivity index (χ1n) is 6.63. The van der Waals surface area contributed by atoms with Crippen LogP contribution in [0, 0.1) is 11.7 Å². The zero-order valence-electron chi connectivity index (χ0n) is 10.8. The van der Waals surface area contributed by atoms with Crippen molar-refractivity contribution in [1.82, 2.24) is 10.6 Å². The standard InChI is InChI=1S/C14H19FN2O2/c15-12-3-1-2-4-13(12)19-10-9-17-14(18)11-5-7-16-8-6-11/h1-4,11,16H,5-10H2,(H,17,18). The lowest BCUT2D eigenvalue weighted by molar-refractivity contribution is -0.125. The Balaban J connectivity index is 1.66. The molecule has 1 heterocycles. The molecule has 0 unspecified atom stereocenters. The molecule has 0 radical (unpaired) electrons. The van der Waals surface area contributed by atoms with Gasteiger partial charge in [0, 0.05) is 5.92 Å². The van der Waals surface area contributed by atoms with Crippen LogP contribution in [0.25, 0.3) is 0 Å². The van der Waals surface area contributed by atoms with Crippen molar-refractivity contribution < 1.29 is 13.9 Å². The van der Waals surface area contributed by atoms with E-state index in [0.29, 0.717) is 6.54 Å². The van der Waals surface area contributed by atoms with E-state index in [0.717, 1.165) is 25.9 Å². The summed E-state index contributed by atoms with van der Waals surface area (Å²) in [5, 5.41) is 6.05. The molecule has 19 heavy (non-hydrogen) atoms. The second-order valence-corrected chi connectivity index (χ2v) is 4.59. The molecule has 0 bridgehead atoms. The molecule has 4 nitrogen and oxygen atoms in total. The number of piperidine rings is 1. The SMILES string of the molecule is O=C(NCCOc1ccccc1F)C1CCNCC1. The molecule has 0 aliphatic carbocycles. The van der Waals surface area contributed by atoms with Gasteiger partial charge in [-0.3, -0.25) is 4.79 Å². The topological polar surface area (TPSA) is 50.4 Å². The zero-order valence-corrected chi connectivity index (χ0v) is 10.8. The Morgan fingerprint density at radius 2 is 2.11 bits per heavy atom. The van der Waals surface area contributed by atoms with Gasteiger partial charge in [0.2, 0.25) is 5.91 Å². The van der Waals surface area contributed by atoms with Gasteiger partial charge >= 0.3 is 0 Å². The third-order valence-corrected chi connectivity index (χ3v) is 3.21. The van der Waals surface area contributed by atoms with E-state index in [-0.39, 0.29) is 30.0 Å². The maximum atomic E-state index is 13.2. The monoisotopic (exact) mass is 266 g/mol. The van der Waals surface area contributed by atoms with Gasteiger partial charge in [-0.15, -0.1) is 0 Å². The summed E-state index contributed by atoms with van der Waals surface area (Å²) in [6.45, 7) is 2.46. The summed E-state index contributed by atoms with van der Waals surface area (Å²) < 4.78 is 18.5. The number of para-hydroxylation sites is 1. The Morgan fingerprint density at radius 1 is 1.37 bits per heavy atom. The van der Waals surface area contributed by atoms with Crippen LogP contribution in [0.15, 0.2) is 24.3 Å². The molecule has 1 aromatic carbocycles. The van der Waals surface area contributed by atoms with E-state index in [1.165, 1.54) is 6.07 Å². The number of nitrogens with one attached hydrogen (secondary N) is 2. The normalized spacial score (nSPS) is 16.1. The van der Waals surface area contributed by atoms with Crippen LogP contribution in [-0.4, -0.2) is 32.1 Å². The van der Waals surface area contributed by atoms with Crippen LogP contribution in [-0.2, 0) is 4.79 Å². The Bertz CT molecular complexity index is 420. The first kappa shape index (κ1) is 13.8. The molecule has 2 N–H and O–H groups in total. The van der Waals surface area contributed by atoms with Gasteiger partial charge in [-0.05, 0) is 38.1 Å². The highest BCUT2D eigenvalue weighted by molar-refractivity contribution is 5.78. The number of carbonyl (C=O) groups is 1. The van der Waals surface area contributed by atoms with E-state index in [9.17, 15) is 9.18 Å². The van der Waals surface area contributed by atoms with Crippen molar-refractivity contribution >= 4 is 5.91 Å². The van der Waals surface area contributed by atoms with Crippen LogP contribution >= 0.6 is 0 Å². The number of hydrogen-bond donors (Lipinski definition) is 2. The number of rotatable bonds is 5. The van der Waals surface area contributed by atoms with Crippen LogP contribution in [0.5, 0.6) is 5.75 Å². The smallest absolute Gasteiger partial charge is 0.223 e. The third kappa shape index (κ3) is 4.21. The number of hydrogen-bond acceptors (Lipinski definition) is 3. The van der Waals surface area contributed by atoms with E-state index in [4.69, 9.17) is 4.74 Å². The minimum atomic E-state index is -0.382. The van der Waals surface area contributed by atoms with E-state index >= 15 is 0 Å². The number of ether oxygens (including phenoxy) is 1. The molecule has 0 aromatic heterocycles. The highest BCUT2D eigenvalue weighted by Crippen LogP contribution is 2.15. The molecule has 104 valence electrons. The van der Waals surface area contributed by atoms with Crippen molar-refractivity contribution in [3.05, 3.63) is 30.1 Å². The summed E-state index contributed by atoms with van der Waals surface area (Å²) in [4.78, 5) is 11.8. The molecule has 0 atom stereocenters. The van der Waals surface area contributed by atoms with Gasteiger partial charge in [0.15, 0.2) is 11.6 Å². The lowest BCUT2D eigenvalue weighted by Gasteiger charge is -2.21. The average molecular weight is 266 g/mol. The Labute approximate surface area is 112 Å². The van der Waals surface area contributed by atoms with Gasteiger partial charge in [-0.2, -0.15) is 0 Å². The van der Waals surface area contributed by atoms with E-state index in [2.05, 4.69) is 10.6 Å². The molecular weight excluding hydrogens is 247 g/mol. The van der Waals surface area contributed by atoms with E-state index in [1.807, 2.05) is 0 Å². The summed E-state index contributed by atoms with van der Waals surface area (Å²) in [6.07, 6.45) is 1.75. The van der Waals surface area contributed by atoms with E-state index in [1.54, 1.807) is 18.2 Å². The van der Waals surface area contributed by atoms with Crippen molar-refractivity contribution in [3.8, 4) is 5.75 Å². The number of benzene rings is 1. The molecule has 5 heteroatoms. The van der Waals surface area contributed by atoms with Gasteiger partial charge in [0.1, 0.15) is 6.61 Å².